The molecule has 1 heterocycles. The zero-order valence-corrected chi connectivity index (χ0v) is 8.09. The van der Waals surface area contributed by atoms with Crippen molar-refractivity contribution in [3.8, 4) is 0 Å². The monoisotopic (exact) mass is 191 g/mol. The Morgan fingerprint density at radius 2 is 2.36 bits per heavy atom. The lowest BCUT2D eigenvalue weighted by atomic mass is 9.89. The van der Waals surface area contributed by atoms with Gasteiger partial charge in [0, 0.05) is 5.54 Å². The highest BCUT2D eigenvalue weighted by atomic mass is 19.1. The van der Waals surface area contributed by atoms with Crippen LogP contribution in [0.15, 0.2) is 24.3 Å². The highest BCUT2D eigenvalue weighted by Gasteiger charge is 2.45. The quantitative estimate of drug-likeness (QED) is 0.718. The van der Waals surface area contributed by atoms with Crippen molar-refractivity contribution < 1.29 is 4.39 Å². The maximum atomic E-state index is 13.1. The second kappa shape index (κ2) is 2.80. The summed E-state index contributed by atoms with van der Waals surface area (Å²) in [4.78, 5) is 0. The molecule has 0 spiro atoms. The SMILES string of the molecule is Fc1cccc(C23CCC(CN2)C3)c1. The van der Waals surface area contributed by atoms with Gasteiger partial charge in [-0.2, -0.15) is 0 Å². The van der Waals surface area contributed by atoms with Crippen molar-refractivity contribution >= 4 is 0 Å². The van der Waals surface area contributed by atoms with Gasteiger partial charge in [0.05, 0.1) is 0 Å². The van der Waals surface area contributed by atoms with Gasteiger partial charge in [-0.3, -0.25) is 0 Å². The molecule has 2 aliphatic rings. The van der Waals surface area contributed by atoms with Crippen molar-refractivity contribution in [2.24, 2.45) is 5.92 Å². The summed E-state index contributed by atoms with van der Waals surface area (Å²) < 4.78 is 13.1. The first-order valence-corrected chi connectivity index (χ1v) is 5.30. The predicted molar refractivity (Wildman–Crippen MR) is 53.4 cm³/mol. The van der Waals surface area contributed by atoms with Crippen LogP contribution in [-0.4, -0.2) is 6.54 Å². The largest absolute Gasteiger partial charge is 0.307 e. The zero-order chi connectivity index (χ0) is 9.60. The molecule has 2 atom stereocenters. The van der Waals surface area contributed by atoms with Gasteiger partial charge < -0.3 is 5.32 Å². The number of rotatable bonds is 1. The normalized spacial score (nSPS) is 35.1. The molecule has 1 N–H and O–H groups in total. The van der Waals surface area contributed by atoms with Crippen molar-refractivity contribution in [2.45, 2.75) is 24.8 Å². The highest BCUT2D eigenvalue weighted by Crippen LogP contribution is 2.46. The van der Waals surface area contributed by atoms with Crippen LogP contribution in [0.25, 0.3) is 0 Å². The van der Waals surface area contributed by atoms with Crippen LogP contribution in [0, 0.1) is 11.7 Å². The minimum Gasteiger partial charge on any atom is -0.307 e. The van der Waals surface area contributed by atoms with E-state index in [1.54, 1.807) is 6.07 Å². The smallest absolute Gasteiger partial charge is 0.123 e. The summed E-state index contributed by atoms with van der Waals surface area (Å²) >= 11 is 0. The molecular weight excluding hydrogens is 177 g/mol. The van der Waals surface area contributed by atoms with Crippen molar-refractivity contribution in [1.29, 1.82) is 0 Å². The fourth-order valence-corrected chi connectivity index (χ4v) is 2.97. The molecule has 1 aromatic rings. The molecule has 1 saturated heterocycles. The highest BCUT2D eigenvalue weighted by molar-refractivity contribution is 5.28. The van der Waals surface area contributed by atoms with Crippen LogP contribution < -0.4 is 5.32 Å². The molecule has 2 bridgehead atoms. The third kappa shape index (κ3) is 1.10. The van der Waals surface area contributed by atoms with Gasteiger partial charge in [-0.15, -0.1) is 0 Å². The van der Waals surface area contributed by atoms with Gasteiger partial charge in [-0.05, 0) is 49.4 Å². The van der Waals surface area contributed by atoms with E-state index in [4.69, 9.17) is 0 Å². The van der Waals surface area contributed by atoms with E-state index in [0.717, 1.165) is 18.0 Å². The summed E-state index contributed by atoms with van der Waals surface area (Å²) in [5.74, 6) is 0.701. The molecule has 1 nitrogen and oxygen atoms in total. The summed E-state index contributed by atoms with van der Waals surface area (Å²) in [7, 11) is 0. The molecule has 0 aromatic heterocycles. The Morgan fingerprint density at radius 1 is 1.43 bits per heavy atom. The van der Waals surface area contributed by atoms with E-state index in [2.05, 4.69) is 5.32 Å². The predicted octanol–water partition coefficient (Wildman–Crippen LogP) is 2.42. The van der Waals surface area contributed by atoms with Gasteiger partial charge in [0.2, 0.25) is 0 Å². The minimum atomic E-state index is -0.117. The van der Waals surface area contributed by atoms with E-state index in [0.29, 0.717) is 0 Å². The van der Waals surface area contributed by atoms with Crippen LogP contribution in [0.2, 0.25) is 0 Å². The molecule has 14 heavy (non-hydrogen) atoms. The number of nitrogens with one attached hydrogen (secondary N) is 1. The zero-order valence-electron chi connectivity index (χ0n) is 8.09. The number of fused-ring (bicyclic) bond motifs is 2. The first kappa shape index (κ1) is 8.42. The summed E-state index contributed by atoms with van der Waals surface area (Å²) in [6.07, 6.45) is 3.65. The number of hydrogen-bond acceptors (Lipinski definition) is 1. The first-order valence-electron chi connectivity index (χ1n) is 5.30. The third-order valence-corrected chi connectivity index (χ3v) is 3.72. The maximum Gasteiger partial charge on any atom is 0.123 e. The molecule has 2 heteroatoms. The second-order valence-corrected chi connectivity index (χ2v) is 4.58. The van der Waals surface area contributed by atoms with Crippen molar-refractivity contribution in [2.75, 3.05) is 6.54 Å². The van der Waals surface area contributed by atoms with Crippen molar-refractivity contribution in [3.05, 3.63) is 35.6 Å². The molecule has 0 radical (unpaired) electrons. The maximum absolute atomic E-state index is 13.1. The Bertz CT molecular complexity index is 353. The van der Waals surface area contributed by atoms with Gasteiger partial charge in [0.1, 0.15) is 5.82 Å². The van der Waals surface area contributed by atoms with Crippen LogP contribution in [0.1, 0.15) is 24.8 Å². The average Bonchev–Trinajstić information content (AvgIpc) is 2.78. The molecule has 1 aromatic carbocycles. The average molecular weight is 191 g/mol. The molecule has 74 valence electrons. The summed E-state index contributed by atoms with van der Waals surface area (Å²) in [5, 5.41) is 3.55. The standard InChI is InChI=1S/C12H14FN/c13-11-3-1-2-10(6-11)12-5-4-9(7-12)8-14-12/h1-3,6,9,14H,4-5,7-8H2. The van der Waals surface area contributed by atoms with Crippen molar-refractivity contribution in [3.63, 3.8) is 0 Å². The molecule has 1 aliphatic heterocycles. The van der Waals surface area contributed by atoms with Gasteiger partial charge in [0.15, 0.2) is 0 Å². The Morgan fingerprint density at radius 3 is 2.93 bits per heavy atom. The molecule has 1 saturated carbocycles. The van der Waals surface area contributed by atoms with Gasteiger partial charge >= 0.3 is 0 Å². The van der Waals surface area contributed by atoms with E-state index in [1.807, 2.05) is 12.1 Å². The van der Waals surface area contributed by atoms with Crippen LogP contribution in [0.4, 0.5) is 4.39 Å². The van der Waals surface area contributed by atoms with Crippen LogP contribution >= 0.6 is 0 Å². The van der Waals surface area contributed by atoms with Crippen LogP contribution in [0.5, 0.6) is 0 Å². The van der Waals surface area contributed by atoms with Gasteiger partial charge in [-0.25, -0.2) is 4.39 Å². The minimum absolute atomic E-state index is 0.104. The molecular formula is C12H14FN. The molecule has 0 amide bonds. The van der Waals surface area contributed by atoms with E-state index in [-0.39, 0.29) is 11.4 Å². The Labute approximate surface area is 83.3 Å². The Balaban J connectivity index is 2.02. The van der Waals surface area contributed by atoms with Crippen LogP contribution in [-0.2, 0) is 5.54 Å². The number of piperidine rings is 1. The lowest BCUT2D eigenvalue weighted by molar-refractivity contribution is 0.372. The number of hydrogen-bond donors (Lipinski definition) is 1. The molecule has 3 rings (SSSR count). The topological polar surface area (TPSA) is 12.0 Å². The number of benzene rings is 1. The van der Waals surface area contributed by atoms with Crippen LogP contribution in [0.3, 0.4) is 0 Å². The third-order valence-electron chi connectivity index (χ3n) is 3.72. The van der Waals surface area contributed by atoms with E-state index in [1.165, 1.54) is 25.3 Å². The molecule has 2 unspecified atom stereocenters. The van der Waals surface area contributed by atoms with E-state index < -0.39 is 0 Å². The first-order chi connectivity index (χ1) is 6.78. The lowest BCUT2D eigenvalue weighted by Gasteiger charge is -2.28. The fourth-order valence-electron chi connectivity index (χ4n) is 2.97. The summed E-state index contributed by atoms with van der Waals surface area (Å²) in [6.45, 7) is 1.11. The van der Waals surface area contributed by atoms with Gasteiger partial charge in [0.25, 0.3) is 0 Å². The Hall–Kier alpha value is -0.890. The van der Waals surface area contributed by atoms with Gasteiger partial charge in [-0.1, -0.05) is 12.1 Å². The molecule has 2 fully saturated rings. The summed E-state index contributed by atoms with van der Waals surface area (Å²) in [5.41, 5.74) is 1.24. The van der Waals surface area contributed by atoms with Crippen molar-refractivity contribution in [1.82, 2.24) is 5.32 Å². The molecule has 1 aliphatic carbocycles. The number of halogens is 1. The lowest BCUT2D eigenvalue weighted by Crippen LogP contribution is -2.37. The fraction of sp³-hybridized carbons (Fsp3) is 0.500. The van der Waals surface area contributed by atoms with E-state index >= 15 is 0 Å². The summed E-state index contributed by atoms with van der Waals surface area (Å²) in [6, 6.07) is 7.05. The Kier molecular flexibility index (Phi) is 1.68. The second-order valence-electron chi connectivity index (χ2n) is 4.58. The van der Waals surface area contributed by atoms with E-state index in [9.17, 15) is 4.39 Å².